The summed E-state index contributed by atoms with van der Waals surface area (Å²) in [5.41, 5.74) is 2.43. The molecule has 1 aliphatic carbocycles. The first kappa shape index (κ1) is 14.9. The molecular weight excluding hydrogens is 336 g/mol. The van der Waals surface area contributed by atoms with E-state index in [4.69, 9.17) is 9.47 Å². The third-order valence-corrected chi connectivity index (χ3v) is 4.50. The summed E-state index contributed by atoms with van der Waals surface area (Å²) >= 11 is 0. The summed E-state index contributed by atoms with van der Waals surface area (Å²) in [5, 5.41) is 13.6. The van der Waals surface area contributed by atoms with E-state index < -0.39 is 5.97 Å². The van der Waals surface area contributed by atoms with Crippen LogP contribution in [0.1, 0.15) is 34.8 Å². The normalized spacial score (nSPS) is 15.2. The Labute approximate surface area is 148 Å². The van der Waals surface area contributed by atoms with Crippen LogP contribution in [0.3, 0.4) is 0 Å². The molecule has 1 fully saturated rings. The maximum absolute atomic E-state index is 11.5. The van der Waals surface area contributed by atoms with E-state index in [0.717, 1.165) is 18.4 Å². The maximum Gasteiger partial charge on any atom is 0.339 e. The van der Waals surface area contributed by atoms with Crippen LogP contribution in [-0.2, 0) is 0 Å². The molecule has 0 radical (unpaired) electrons. The smallest absolute Gasteiger partial charge is 0.339 e. The molecule has 0 unspecified atom stereocenters. The summed E-state index contributed by atoms with van der Waals surface area (Å²) in [6, 6.07) is 7.39. The Hall–Kier alpha value is -3.42. The van der Waals surface area contributed by atoms with Gasteiger partial charge in [-0.25, -0.2) is 19.4 Å². The Kier molecular flexibility index (Phi) is 3.18. The van der Waals surface area contributed by atoms with Crippen LogP contribution < -0.4 is 9.47 Å². The summed E-state index contributed by atoms with van der Waals surface area (Å²) in [6.07, 6.45) is 4.91. The first-order valence-electron chi connectivity index (χ1n) is 8.25. The predicted octanol–water partition coefficient (Wildman–Crippen LogP) is 2.63. The standard InChI is InChI=1S/C18H14N4O4/c23-17(24)12-8-20-22(16(12)10-1-2-10)18-19-6-5-13(21-18)11-3-4-14-15(7-11)26-9-25-14/h3-8,10H,1-2,9H2,(H,23,24). The van der Waals surface area contributed by atoms with Crippen molar-refractivity contribution in [3.8, 4) is 28.7 Å². The second-order valence-corrected chi connectivity index (χ2v) is 6.24. The highest BCUT2D eigenvalue weighted by Crippen LogP contribution is 2.42. The van der Waals surface area contributed by atoms with E-state index in [9.17, 15) is 9.90 Å². The molecule has 0 saturated heterocycles. The molecular formula is C18H14N4O4. The number of hydrogen-bond acceptors (Lipinski definition) is 6. The van der Waals surface area contributed by atoms with E-state index >= 15 is 0 Å². The summed E-state index contributed by atoms with van der Waals surface area (Å²) in [6.45, 7) is 0.212. The average molecular weight is 350 g/mol. The van der Waals surface area contributed by atoms with E-state index in [1.54, 1.807) is 12.3 Å². The third-order valence-electron chi connectivity index (χ3n) is 4.50. The minimum atomic E-state index is -0.981. The fourth-order valence-corrected chi connectivity index (χ4v) is 3.10. The molecule has 3 heterocycles. The predicted molar refractivity (Wildman–Crippen MR) is 89.6 cm³/mol. The SMILES string of the molecule is O=C(O)c1cnn(-c2nccc(-c3ccc4c(c3)OCO4)n2)c1C1CC1. The van der Waals surface area contributed by atoms with E-state index in [2.05, 4.69) is 15.1 Å². The molecule has 1 N–H and O–H groups in total. The highest BCUT2D eigenvalue weighted by Gasteiger charge is 2.33. The number of hydrogen-bond donors (Lipinski definition) is 1. The fourth-order valence-electron chi connectivity index (χ4n) is 3.10. The van der Waals surface area contributed by atoms with Crippen molar-refractivity contribution >= 4 is 5.97 Å². The highest BCUT2D eigenvalue weighted by atomic mass is 16.7. The van der Waals surface area contributed by atoms with Crippen molar-refractivity contribution < 1.29 is 19.4 Å². The number of ether oxygens (including phenoxy) is 2. The Balaban J connectivity index is 1.58. The lowest BCUT2D eigenvalue weighted by Crippen LogP contribution is -2.09. The summed E-state index contributed by atoms with van der Waals surface area (Å²) in [4.78, 5) is 20.3. The molecule has 2 aliphatic rings. The molecule has 0 amide bonds. The van der Waals surface area contributed by atoms with Crippen molar-refractivity contribution in [1.29, 1.82) is 0 Å². The van der Waals surface area contributed by atoms with Gasteiger partial charge < -0.3 is 14.6 Å². The van der Waals surface area contributed by atoms with Gasteiger partial charge in [-0.15, -0.1) is 0 Å². The molecule has 1 aromatic carbocycles. The summed E-state index contributed by atoms with van der Waals surface area (Å²) in [7, 11) is 0. The van der Waals surface area contributed by atoms with Gasteiger partial charge in [-0.2, -0.15) is 5.10 Å². The molecule has 1 aliphatic heterocycles. The zero-order chi connectivity index (χ0) is 17.7. The van der Waals surface area contributed by atoms with Gasteiger partial charge in [0.15, 0.2) is 11.5 Å². The zero-order valence-electron chi connectivity index (χ0n) is 13.6. The van der Waals surface area contributed by atoms with Gasteiger partial charge in [0, 0.05) is 17.7 Å². The number of nitrogens with zero attached hydrogens (tertiary/aromatic N) is 4. The van der Waals surface area contributed by atoms with Crippen molar-refractivity contribution in [2.24, 2.45) is 0 Å². The van der Waals surface area contributed by atoms with Gasteiger partial charge in [0.2, 0.25) is 6.79 Å². The Morgan fingerprint density at radius 1 is 1.19 bits per heavy atom. The first-order chi connectivity index (χ1) is 12.7. The van der Waals surface area contributed by atoms with Crippen molar-refractivity contribution in [2.45, 2.75) is 18.8 Å². The van der Waals surface area contributed by atoms with Crippen LogP contribution in [0, 0.1) is 0 Å². The fraction of sp³-hybridized carbons (Fsp3) is 0.222. The molecule has 0 spiro atoms. The van der Waals surface area contributed by atoms with Crippen molar-refractivity contribution in [1.82, 2.24) is 19.7 Å². The van der Waals surface area contributed by atoms with Gasteiger partial charge in [0.1, 0.15) is 5.56 Å². The van der Waals surface area contributed by atoms with Gasteiger partial charge >= 0.3 is 5.97 Å². The van der Waals surface area contributed by atoms with Crippen LogP contribution in [0.5, 0.6) is 11.5 Å². The molecule has 26 heavy (non-hydrogen) atoms. The lowest BCUT2D eigenvalue weighted by Gasteiger charge is -2.08. The van der Waals surface area contributed by atoms with E-state index in [1.807, 2.05) is 18.2 Å². The summed E-state index contributed by atoms with van der Waals surface area (Å²) < 4.78 is 12.3. The van der Waals surface area contributed by atoms with Crippen LogP contribution in [0.25, 0.3) is 17.2 Å². The molecule has 8 heteroatoms. The number of benzene rings is 1. The minimum absolute atomic E-state index is 0.196. The number of carboxylic acid groups (broad SMARTS) is 1. The molecule has 130 valence electrons. The van der Waals surface area contributed by atoms with Crippen LogP contribution in [0.15, 0.2) is 36.7 Å². The number of rotatable bonds is 4. The van der Waals surface area contributed by atoms with Crippen LogP contribution in [0.4, 0.5) is 0 Å². The maximum atomic E-state index is 11.5. The molecule has 0 atom stereocenters. The highest BCUT2D eigenvalue weighted by molar-refractivity contribution is 5.89. The lowest BCUT2D eigenvalue weighted by molar-refractivity contribution is 0.0695. The average Bonchev–Trinajstić information content (AvgIpc) is 3.21. The van der Waals surface area contributed by atoms with Gasteiger partial charge in [-0.3, -0.25) is 0 Å². The monoisotopic (exact) mass is 350 g/mol. The molecule has 1 saturated carbocycles. The van der Waals surface area contributed by atoms with E-state index in [0.29, 0.717) is 28.8 Å². The molecule has 0 bridgehead atoms. The Morgan fingerprint density at radius 3 is 2.85 bits per heavy atom. The number of carboxylic acids is 1. The van der Waals surface area contributed by atoms with E-state index in [-0.39, 0.29) is 18.3 Å². The molecule has 8 nitrogen and oxygen atoms in total. The Morgan fingerprint density at radius 2 is 2.04 bits per heavy atom. The van der Waals surface area contributed by atoms with Gasteiger partial charge in [-0.1, -0.05) is 0 Å². The second-order valence-electron chi connectivity index (χ2n) is 6.24. The lowest BCUT2D eigenvalue weighted by atomic mass is 10.1. The van der Waals surface area contributed by atoms with Gasteiger partial charge in [0.05, 0.1) is 17.6 Å². The minimum Gasteiger partial charge on any atom is -0.478 e. The van der Waals surface area contributed by atoms with Crippen molar-refractivity contribution in [3.63, 3.8) is 0 Å². The number of aromatic nitrogens is 4. The topological polar surface area (TPSA) is 99.4 Å². The molecule has 2 aromatic heterocycles. The van der Waals surface area contributed by atoms with Gasteiger partial charge in [0.25, 0.3) is 5.95 Å². The zero-order valence-corrected chi connectivity index (χ0v) is 13.6. The van der Waals surface area contributed by atoms with Crippen molar-refractivity contribution in [3.05, 3.63) is 47.9 Å². The number of aromatic carboxylic acids is 1. The first-order valence-corrected chi connectivity index (χ1v) is 8.25. The molecule has 5 rings (SSSR count). The molecule has 3 aromatic rings. The van der Waals surface area contributed by atoms with E-state index in [1.165, 1.54) is 10.9 Å². The third kappa shape index (κ3) is 2.38. The quantitative estimate of drug-likeness (QED) is 0.772. The summed E-state index contributed by atoms with van der Waals surface area (Å²) in [5.74, 6) is 0.951. The number of fused-ring (bicyclic) bond motifs is 1. The van der Waals surface area contributed by atoms with Crippen LogP contribution in [0.2, 0.25) is 0 Å². The second kappa shape index (κ2) is 5.55. The van der Waals surface area contributed by atoms with Gasteiger partial charge in [-0.05, 0) is 37.1 Å². The van der Waals surface area contributed by atoms with Crippen LogP contribution in [-0.4, -0.2) is 37.6 Å². The Bertz CT molecular complexity index is 1030. The van der Waals surface area contributed by atoms with Crippen molar-refractivity contribution in [2.75, 3.05) is 6.79 Å². The van der Waals surface area contributed by atoms with Crippen LogP contribution >= 0.6 is 0 Å². The largest absolute Gasteiger partial charge is 0.478 e. The number of carbonyl (C=O) groups is 1.